The molecular formula is C24H24N2O3. The third kappa shape index (κ3) is 4.30. The van der Waals surface area contributed by atoms with E-state index in [2.05, 4.69) is 28.8 Å². The predicted octanol–water partition coefficient (Wildman–Crippen LogP) is 4.45. The average molecular weight is 388 g/mol. The number of benzene rings is 3. The maximum atomic E-state index is 12.8. The lowest BCUT2D eigenvalue weighted by molar-refractivity contribution is -0.124. The van der Waals surface area contributed by atoms with Gasteiger partial charge in [-0.3, -0.25) is 9.59 Å². The minimum atomic E-state index is -0.404. The van der Waals surface area contributed by atoms with Crippen LogP contribution in [-0.4, -0.2) is 24.5 Å². The van der Waals surface area contributed by atoms with Crippen molar-refractivity contribution in [3.63, 3.8) is 0 Å². The van der Waals surface area contributed by atoms with E-state index in [0.717, 1.165) is 29.2 Å². The molecule has 1 aliphatic heterocycles. The molecule has 0 spiro atoms. The van der Waals surface area contributed by atoms with E-state index in [0.29, 0.717) is 17.9 Å². The maximum Gasteiger partial charge on any atom is 0.253 e. The van der Waals surface area contributed by atoms with Crippen LogP contribution in [0.3, 0.4) is 0 Å². The minimum Gasteiger partial charge on any atom is -0.368 e. The van der Waals surface area contributed by atoms with E-state index in [1.165, 1.54) is 0 Å². The first-order valence-electron chi connectivity index (χ1n) is 9.93. The first kappa shape index (κ1) is 19.2. The molecule has 2 unspecified atom stereocenters. The number of carbonyl (C=O) groups excluding carboxylic acids is 2. The third-order valence-corrected chi connectivity index (χ3v) is 5.25. The van der Waals surface area contributed by atoms with Gasteiger partial charge in [-0.05, 0) is 54.3 Å². The van der Waals surface area contributed by atoms with E-state index in [9.17, 15) is 9.59 Å². The summed E-state index contributed by atoms with van der Waals surface area (Å²) in [6, 6.07) is 21.1. The fourth-order valence-corrected chi connectivity index (χ4v) is 3.73. The Morgan fingerprint density at radius 3 is 2.66 bits per heavy atom. The molecule has 148 valence electrons. The van der Waals surface area contributed by atoms with Gasteiger partial charge < -0.3 is 15.4 Å². The summed E-state index contributed by atoms with van der Waals surface area (Å²) >= 11 is 0. The Kier molecular flexibility index (Phi) is 5.58. The van der Waals surface area contributed by atoms with Crippen molar-refractivity contribution in [2.24, 2.45) is 0 Å². The van der Waals surface area contributed by atoms with Crippen molar-refractivity contribution < 1.29 is 14.3 Å². The van der Waals surface area contributed by atoms with E-state index < -0.39 is 6.10 Å². The van der Waals surface area contributed by atoms with Crippen LogP contribution in [0.5, 0.6) is 0 Å². The first-order chi connectivity index (χ1) is 14.1. The molecule has 0 aliphatic carbocycles. The predicted molar refractivity (Wildman–Crippen MR) is 114 cm³/mol. The molecule has 29 heavy (non-hydrogen) atoms. The second-order valence-corrected chi connectivity index (χ2v) is 7.34. The summed E-state index contributed by atoms with van der Waals surface area (Å²) in [6.07, 6.45) is 1.22. The summed E-state index contributed by atoms with van der Waals surface area (Å²) in [5, 5.41) is 8.18. The molecule has 5 heteroatoms. The van der Waals surface area contributed by atoms with Gasteiger partial charge in [0.15, 0.2) is 0 Å². The Bertz CT molecular complexity index is 1040. The molecular weight excluding hydrogens is 364 g/mol. The highest BCUT2D eigenvalue weighted by atomic mass is 16.5. The average Bonchev–Trinajstić information content (AvgIpc) is 3.28. The highest BCUT2D eigenvalue weighted by Crippen LogP contribution is 2.24. The third-order valence-electron chi connectivity index (χ3n) is 5.25. The molecule has 5 nitrogen and oxygen atoms in total. The molecule has 0 aromatic heterocycles. The van der Waals surface area contributed by atoms with Crippen molar-refractivity contribution in [3.8, 4) is 0 Å². The Balaban J connectivity index is 1.47. The molecule has 2 atom stereocenters. The number of rotatable bonds is 5. The van der Waals surface area contributed by atoms with Gasteiger partial charge in [0.1, 0.15) is 6.10 Å². The van der Waals surface area contributed by atoms with Gasteiger partial charge in [-0.25, -0.2) is 0 Å². The normalized spacial score (nSPS) is 17.1. The van der Waals surface area contributed by atoms with Gasteiger partial charge in [0.05, 0.1) is 6.04 Å². The topological polar surface area (TPSA) is 67.4 Å². The van der Waals surface area contributed by atoms with Crippen LogP contribution in [0.15, 0.2) is 66.7 Å². The quantitative estimate of drug-likeness (QED) is 0.679. The van der Waals surface area contributed by atoms with Gasteiger partial charge in [0, 0.05) is 17.9 Å². The fraction of sp³-hybridized carbons (Fsp3) is 0.250. The lowest BCUT2D eigenvalue weighted by Crippen LogP contribution is -2.28. The number of hydrogen-bond acceptors (Lipinski definition) is 3. The molecule has 4 rings (SSSR count). The van der Waals surface area contributed by atoms with E-state index in [1.807, 2.05) is 31.2 Å². The van der Waals surface area contributed by atoms with Crippen molar-refractivity contribution in [1.29, 1.82) is 0 Å². The second-order valence-electron chi connectivity index (χ2n) is 7.34. The van der Waals surface area contributed by atoms with Crippen molar-refractivity contribution in [1.82, 2.24) is 5.32 Å². The molecule has 2 N–H and O–H groups in total. The van der Waals surface area contributed by atoms with Crippen molar-refractivity contribution in [3.05, 3.63) is 77.9 Å². The zero-order valence-corrected chi connectivity index (χ0v) is 16.4. The molecule has 2 amide bonds. The van der Waals surface area contributed by atoms with Gasteiger partial charge in [-0.2, -0.15) is 0 Å². The molecule has 3 aromatic carbocycles. The van der Waals surface area contributed by atoms with E-state index in [1.54, 1.807) is 24.3 Å². The molecule has 0 bridgehead atoms. The van der Waals surface area contributed by atoms with Crippen molar-refractivity contribution in [2.75, 3.05) is 11.9 Å². The zero-order chi connectivity index (χ0) is 20.2. The van der Waals surface area contributed by atoms with E-state index in [-0.39, 0.29) is 17.9 Å². The lowest BCUT2D eigenvalue weighted by Gasteiger charge is -2.17. The number of anilines is 1. The number of fused-ring (bicyclic) bond motifs is 1. The number of hydrogen-bond donors (Lipinski definition) is 2. The summed E-state index contributed by atoms with van der Waals surface area (Å²) in [5.41, 5.74) is 2.16. The van der Waals surface area contributed by atoms with E-state index in [4.69, 9.17) is 4.74 Å². The maximum absolute atomic E-state index is 12.8. The minimum absolute atomic E-state index is 0.154. The van der Waals surface area contributed by atoms with Crippen molar-refractivity contribution >= 4 is 28.3 Å². The highest BCUT2D eigenvalue weighted by molar-refractivity contribution is 5.98. The molecule has 0 saturated carbocycles. The van der Waals surface area contributed by atoms with Crippen LogP contribution in [-0.2, 0) is 9.53 Å². The zero-order valence-electron chi connectivity index (χ0n) is 16.4. The standard InChI is InChI=1S/C24H24N2O3/c1-16(20-12-5-8-17-7-2-3-11-21(17)20)25-23(27)18-9-4-10-19(15-18)26-24(28)22-13-6-14-29-22/h2-5,7-12,15-16,22H,6,13-14H2,1H3,(H,25,27)(H,26,28). The van der Waals surface area contributed by atoms with Crippen LogP contribution < -0.4 is 10.6 Å². The van der Waals surface area contributed by atoms with Gasteiger partial charge in [0.25, 0.3) is 11.8 Å². The van der Waals surface area contributed by atoms with Crippen LogP contribution in [0.1, 0.15) is 41.7 Å². The molecule has 3 aromatic rings. The molecule has 1 aliphatic rings. The van der Waals surface area contributed by atoms with Crippen LogP contribution >= 0.6 is 0 Å². The van der Waals surface area contributed by atoms with Crippen LogP contribution in [0.2, 0.25) is 0 Å². The Labute approximate surface area is 170 Å². The highest BCUT2D eigenvalue weighted by Gasteiger charge is 2.23. The molecule has 0 radical (unpaired) electrons. The fourth-order valence-electron chi connectivity index (χ4n) is 3.73. The van der Waals surface area contributed by atoms with Crippen LogP contribution in [0, 0.1) is 0 Å². The van der Waals surface area contributed by atoms with Gasteiger partial charge >= 0.3 is 0 Å². The lowest BCUT2D eigenvalue weighted by atomic mass is 9.99. The summed E-state index contributed by atoms with van der Waals surface area (Å²) in [5.74, 6) is -0.345. The Morgan fingerprint density at radius 1 is 1.03 bits per heavy atom. The molecule has 1 saturated heterocycles. The summed E-state index contributed by atoms with van der Waals surface area (Å²) in [6.45, 7) is 2.59. The molecule has 1 heterocycles. The monoisotopic (exact) mass is 388 g/mol. The van der Waals surface area contributed by atoms with Gasteiger partial charge in [0.2, 0.25) is 0 Å². The van der Waals surface area contributed by atoms with E-state index >= 15 is 0 Å². The SMILES string of the molecule is CC(NC(=O)c1cccc(NC(=O)C2CCCO2)c1)c1cccc2ccccc12. The number of ether oxygens (including phenoxy) is 1. The summed E-state index contributed by atoms with van der Waals surface area (Å²) in [4.78, 5) is 25.1. The molecule has 1 fully saturated rings. The number of carbonyl (C=O) groups is 2. The summed E-state index contributed by atoms with van der Waals surface area (Å²) in [7, 11) is 0. The van der Waals surface area contributed by atoms with Crippen molar-refractivity contribution in [2.45, 2.75) is 31.9 Å². The second kappa shape index (κ2) is 8.45. The first-order valence-corrected chi connectivity index (χ1v) is 9.93. The van der Waals surface area contributed by atoms with Crippen LogP contribution in [0.25, 0.3) is 10.8 Å². The van der Waals surface area contributed by atoms with Gasteiger partial charge in [-0.15, -0.1) is 0 Å². The Hall–Kier alpha value is -3.18. The Morgan fingerprint density at radius 2 is 1.83 bits per heavy atom. The largest absolute Gasteiger partial charge is 0.368 e. The smallest absolute Gasteiger partial charge is 0.253 e. The summed E-state index contributed by atoms with van der Waals surface area (Å²) < 4.78 is 5.41. The van der Waals surface area contributed by atoms with Gasteiger partial charge in [-0.1, -0.05) is 48.5 Å². The van der Waals surface area contributed by atoms with Crippen LogP contribution in [0.4, 0.5) is 5.69 Å². The number of nitrogens with one attached hydrogen (secondary N) is 2. The number of amides is 2.